The molecule has 6 heteroatoms. The van der Waals surface area contributed by atoms with E-state index in [9.17, 15) is 13.2 Å². The van der Waals surface area contributed by atoms with Gasteiger partial charge in [0.2, 0.25) is 0 Å². The van der Waals surface area contributed by atoms with Crippen LogP contribution in [0.15, 0.2) is 6.20 Å². The molecule has 0 amide bonds. The smallest absolute Gasteiger partial charge is 0.273 e. The average Bonchev–Trinajstić information content (AvgIpc) is 2.49. The van der Waals surface area contributed by atoms with Gasteiger partial charge in [-0.05, 0) is 6.92 Å². The standard InChI is InChI=1S/C7H6F3N3/c1-4(2-11)5-3-12-13-6(5)7(8,9)10/h3-4H,1H3,(H,12,13). The monoisotopic (exact) mass is 189 g/mol. The summed E-state index contributed by atoms with van der Waals surface area (Å²) < 4.78 is 36.6. The first-order chi connectivity index (χ1) is 5.96. The number of H-pyrrole nitrogens is 1. The molecule has 1 heterocycles. The first kappa shape index (κ1) is 9.58. The van der Waals surface area contributed by atoms with Crippen molar-refractivity contribution < 1.29 is 13.2 Å². The van der Waals surface area contributed by atoms with Crippen LogP contribution in [0.5, 0.6) is 0 Å². The van der Waals surface area contributed by atoms with Crippen LogP contribution in [-0.2, 0) is 6.18 Å². The minimum absolute atomic E-state index is 0.116. The Morgan fingerprint density at radius 2 is 2.23 bits per heavy atom. The number of aromatic amines is 1. The van der Waals surface area contributed by atoms with Gasteiger partial charge in [-0.1, -0.05) is 0 Å². The molecule has 0 aromatic carbocycles. The van der Waals surface area contributed by atoms with E-state index in [0.717, 1.165) is 6.20 Å². The molecule has 0 radical (unpaired) electrons. The van der Waals surface area contributed by atoms with E-state index >= 15 is 0 Å². The molecule has 3 nitrogen and oxygen atoms in total. The lowest BCUT2D eigenvalue weighted by molar-refractivity contribution is -0.141. The SMILES string of the molecule is CC(C#N)c1cn[nH]c1C(F)(F)F. The summed E-state index contributed by atoms with van der Waals surface area (Å²) in [5.74, 6) is -0.810. The third kappa shape index (κ3) is 1.80. The predicted molar refractivity (Wildman–Crippen MR) is 37.6 cm³/mol. The predicted octanol–water partition coefficient (Wildman–Crippen LogP) is 2.06. The Balaban J connectivity index is 3.12. The van der Waals surface area contributed by atoms with Crippen LogP contribution in [0.2, 0.25) is 0 Å². The summed E-state index contributed by atoms with van der Waals surface area (Å²) in [6.07, 6.45) is -3.45. The summed E-state index contributed by atoms with van der Waals surface area (Å²) in [4.78, 5) is 0. The molecule has 0 spiro atoms. The van der Waals surface area contributed by atoms with E-state index in [2.05, 4.69) is 5.10 Å². The topological polar surface area (TPSA) is 52.5 Å². The normalized spacial score (nSPS) is 13.8. The molecular weight excluding hydrogens is 183 g/mol. The van der Waals surface area contributed by atoms with Gasteiger partial charge in [0, 0.05) is 5.56 Å². The van der Waals surface area contributed by atoms with Crippen molar-refractivity contribution in [3.8, 4) is 6.07 Å². The highest BCUT2D eigenvalue weighted by molar-refractivity contribution is 5.27. The summed E-state index contributed by atoms with van der Waals surface area (Å²) in [7, 11) is 0. The van der Waals surface area contributed by atoms with Crippen molar-refractivity contribution >= 4 is 0 Å². The second-order valence-electron chi connectivity index (χ2n) is 2.55. The van der Waals surface area contributed by atoms with Gasteiger partial charge < -0.3 is 0 Å². The maximum atomic E-state index is 12.2. The third-order valence-electron chi connectivity index (χ3n) is 1.61. The number of nitrogens with one attached hydrogen (secondary N) is 1. The van der Waals surface area contributed by atoms with Crippen molar-refractivity contribution in [1.29, 1.82) is 5.26 Å². The molecule has 1 atom stereocenters. The van der Waals surface area contributed by atoms with Gasteiger partial charge in [0.1, 0.15) is 5.69 Å². The first-order valence-electron chi connectivity index (χ1n) is 3.47. The molecule has 0 aliphatic heterocycles. The Hall–Kier alpha value is -1.51. The van der Waals surface area contributed by atoms with E-state index in [0.29, 0.717) is 0 Å². The van der Waals surface area contributed by atoms with Crippen molar-refractivity contribution in [2.75, 3.05) is 0 Å². The molecule has 1 rings (SSSR count). The van der Waals surface area contributed by atoms with E-state index in [-0.39, 0.29) is 5.56 Å². The van der Waals surface area contributed by atoms with Crippen molar-refractivity contribution in [2.24, 2.45) is 0 Å². The van der Waals surface area contributed by atoms with Crippen LogP contribution in [0.25, 0.3) is 0 Å². The molecule has 0 aliphatic carbocycles. The molecule has 13 heavy (non-hydrogen) atoms. The number of rotatable bonds is 1. The zero-order chi connectivity index (χ0) is 10.1. The van der Waals surface area contributed by atoms with Gasteiger partial charge in [-0.3, -0.25) is 5.10 Å². The zero-order valence-electron chi connectivity index (χ0n) is 6.68. The lowest BCUT2D eigenvalue weighted by atomic mass is 10.0. The largest absolute Gasteiger partial charge is 0.433 e. The van der Waals surface area contributed by atoms with Crippen LogP contribution in [0.3, 0.4) is 0 Å². The van der Waals surface area contributed by atoms with Crippen LogP contribution < -0.4 is 0 Å². The fraction of sp³-hybridized carbons (Fsp3) is 0.429. The molecule has 0 fully saturated rings. The first-order valence-corrected chi connectivity index (χ1v) is 3.47. The van der Waals surface area contributed by atoms with Gasteiger partial charge in [0.15, 0.2) is 0 Å². The maximum absolute atomic E-state index is 12.2. The van der Waals surface area contributed by atoms with Gasteiger partial charge in [-0.25, -0.2) is 0 Å². The van der Waals surface area contributed by atoms with E-state index in [1.807, 2.05) is 5.10 Å². The number of halogens is 3. The van der Waals surface area contributed by atoms with Crippen LogP contribution in [0.1, 0.15) is 24.1 Å². The highest BCUT2D eigenvalue weighted by atomic mass is 19.4. The molecule has 1 aromatic rings. The molecule has 1 unspecified atom stereocenters. The fourth-order valence-corrected chi connectivity index (χ4v) is 0.920. The van der Waals surface area contributed by atoms with Gasteiger partial charge in [-0.2, -0.15) is 23.5 Å². The molecule has 0 saturated heterocycles. The Bertz CT molecular complexity index is 333. The van der Waals surface area contributed by atoms with Gasteiger partial charge in [0.05, 0.1) is 18.2 Å². The van der Waals surface area contributed by atoms with Crippen LogP contribution in [0, 0.1) is 11.3 Å². The Kier molecular flexibility index (Phi) is 2.28. The number of aromatic nitrogens is 2. The van der Waals surface area contributed by atoms with Crippen LogP contribution >= 0.6 is 0 Å². The molecule has 70 valence electrons. The maximum Gasteiger partial charge on any atom is 0.433 e. The average molecular weight is 189 g/mol. The summed E-state index contributed by atoms with van der Waals surface area (Å²) in [5.41, 5.74) is -1.06. The summed E-state index contributed by atoms with van der Waals surface area (Å²) in [6.45, 7) is 1.39. The van der Waals surface area contributed by atoms with Gasteiger partial charge in [0.25, 0.3) is 0 Å². The molecule has 0 aliphatic rings. The molecule has 0 saturated carbocycles. The van der Waals surface area contributed by atoms with Gasteiger partial charge >= 0.3 is 6.18 Å². The number of nitriles is 1. The Labute approximate surface area is 72.2 Å². The molecule has 1 aromatic heterocycles. The van der Waals surface area contributed by atoms with Gasteiger partial charge in [-0.15, -0.1) is 0 Å². The minimum atomic E-state index is -4.48. The molecule has 1 N–H and O–H groups in total. The van der Waals surface area contributed by atoms with Crippen LogP contribution in [0.4, 0.5) is 13.2 Å². The van der Waals surface area contributed by atoms with E-state index < -0.39 is 17.8 Å². The van der Waals surface area contributed by atoms with Crippen molar-refractivity contribution in [3.05, 3.63) is 17.5 Å². The Morgan fingerprint density at radius 1 is 1.62 bits per heavy atom. The third-order valence-corrected chi connectivity index (χ3v) is 1.61. The minimum Gasteiger partial charge on any atom is -0.273 e. The van der Waals surface area contributed by atoms with Crippen molar-refractivity contribution in [3.63, 3.8) is 0 Å². The Morgan fingerprint density at radius 3 is 2.69 bits per heavy atom. The molecular formula is C7H6F3N3. The second-order valence-corrected chi connectivity index (χ2v) is 2.55. The molecule has 0 bridgehead atoms. The number of hydrogen-bond acceptors (Lipinski definition) is 2. The summed E-state index contributed by atoms with van der Waals surface area (Å²) in [5, 5.41) is 13.5. The zero-order valence-corrected chi connectivity index (χ0v) is 6.68. The number of hydrogen-bond donors (Lipinski definition) is 1. The van der Waals surface area contributed by atoms with E-state index in [1.54, 1.807) is 6.07 Å². The highest BCUT2D eigenvalue weighted by Crippen LogP contribution is 2.32. The number of nitrogens with zero attached hydrogens (tertiary/aromatic N) is 2. The second kappa shape index (κ2) is 3.09. The lowest BCUT2D eigenvalue weighted by Gasteiger charge is -2.07. The van der Waals surface area contributed by atoms with Crippen molar-refractivity contribution in [1.82, 2.24) is 10.2 Å². The van der Waals surface area contributed by atoms with E-state index in [4.69, 9.17) is 5.26 Å². The fourth-order valence-electron chi connectivity index (χ4n) is 0.920. The van der Waals surface area contributed by atoms with Crippen molar-refractivity contribution in [2.45, 2.75) is 19.0 Å². The van der Waals surface area contributed by atoms with Crippen LogP contribution in [-0.4, -0.2) is 10.2 Å². The highest BCUT2D eigenvalue weighted by Gasteiger charge is 2.36. The quantitative estimate of drug-likeness (QED) is 0.735. The summed E-state index contributed by atoms with van der Waals surface area (Å²) >= 11 is 0. The lowest BCUT2D eigenvalue weighted by Crippen LogP contribution is -2.09. The summed E-state index contributed by atoms with van der Waals surface area (Å²) in [6, 6.07) is 1.72. The van der Waals surface area contributed by atoms with E-state index in [1.165, 1.54) is 6.92 Å². The number of alkyl halides is 3.